The van der Waals surface area contributed by atoms with Crippen molar-refractivity contribution in [2.24, 2.45) is 0 Å². The van der Waals surface area contributed by atoms with E-state index in [0.717, 1.165) is 22.6 Å². The smallest absolute Gasteiger partial charge is 0.164 e. The van der Waals surface area contributed by atoms with Crippen molar-refractivity contribution < 1.29 is 18.9 Å². The highest BCUT2D eigenvalue weighted by atomic mass is 16.5. The summed E-state index contributed by atoms with van der Waals surface area (Å²) in [5, 5.41) is 0. The summed E-state index contributed by atoms with van der Waals surface area (Å²) in [6.07, 6.45) is 3.96. The van der Waals surface area contributed by atoms with Gasteiger partial charge in [-0.05, 0) is 23.8 Å². The molecule has 2 rings (SSSR count). The van der Waals surface area contributed by atoms with Gasteiger partial charge in [-0.1, -0.05) is 24.3 Å². The van der Waals surface area contributed by atoms with Crippen LogP contribution in [0.1, 0.15) is 11.1 Å². The second-order valence-electron chi connectivity index (χ2n) is 4.56. The molecule has 4 nitrogen and oxygen atoms in total. The fourth-order valence-corrected chi connectivity index (χ4v) is 2.11. The largest absolute Gasteiger partial charge is 0.497 e. The summed E-state index contributed by atoms with van der Waals surface area (Å²) in [5.41, 5.74) is 1.94. The lowest BCUT2D eigenvalue weighted by molar-refractivity contribution is 0.348. The summed E-state index contributed by atoms with van der Waals surface area (Å²) in [5.74, 6) is 2.84. The molecule has 0 N–H and O–H groups in total. The highest BCUT2D eigenvalue weighted by molar-refractivity contribution is 5.75. The molecule has 2 aromatic rings. The third-order valence-corrected chi connectivity index (χ3v) is 3.29. The van der Waals surface area contributed by atoms with Crippen LogP contribution in [-0.2, 0) is 0 Å². The Kier molecular flexibility index (Phi) is 5.31. The van der Waals surface area contributed by atoms with E-state index in [1.54, 1.807) is 28.4 Å². The predicted molar refractivity (Wildman–Crippen MR) is 88.0 cm³/mol. The molecule has 2 aromatic carbocycles. The Hall–Kier alpha value is -2.62. The molecule has 116 valence electrons. The summed E-state index contributed by atoms with van der Waals surface area (Å²) in [6.45, 7) is 0. The van der Waals surface area contributed by atoms with Crippen LogP contribution in [0.2, 0.25) is 0 Å². The maximum atomic E-state index is 5.41. The van der Waals surface area contributed by atoms with Crippen LogP contribution < -0.4 is 18.9 Å². The van der Waals surface area contributed by atoms with Gasteiger partial charge in [0, 0.05) is 11.6 Å². The average Bonchev–Trinajstić information content (AvgIpc) is 2.59. The van der Waals surface area contributed by atoms with Crippen LogP contribution in [-0.4, -0.2) is 28.4 Å². The number of hydrogen-bond acceptors (Lipinski definition) is 4. The van der Waals surface area contributed by atoms with E-state index in [2.05, 4.69) is 0 Å². The monoisotopic (exact) mass is 300 g/mol. The van der Waals surface area contributed by atoms with E-state index in [4.69, 9.17) is 18.9 Å². The molecule has 0 aliphatic carbocycles. The van der Waals surface area contributed by atoms with Crippen molar-refractivity contribution in [1.29, 1.82) is 0 Å². The highest BCUT2D eigenvalue weighted by Crippen LogP contribution is 2.35. The van der Waals surface area contributed by atoms with Crippen molar-refractivity contribution in [3.63, 3.8) is 0 Å². The molecule has 0 spiro atoms. The first kappa shape index (κ1) is 15.8. The van der Waals surface area contributed by atoms with Crippen LogP contribution in [0.25, 0.3) is 12.2 Å². The first-order valence-electron chi connectivity index (χ1n) is 6.84. The quantitative estimate of drug-likeness (QED) is 0.758. The highest BCUT2D eigenvalue weighted by Gasteiger charge is 2.09. The van der Waals surface area contributed by atoms with Gasteiger partial charge in [0.05, 0.1) is 28.4 Å². The Morgan fingerprint density at radius 2 is 1.36 bits per heavy atom. The van der Waals surface area contributed by atoms with Crippen molar-refractivity contribution in [2.45, 2.75) is 0 Å². The Bertz CT molecular complexity index is 662. The zero-order valence-corrected chi connectivity index (χ0v) is 13.3. The zero-order chi connectivity index (χ0) is 15.9. The normalized spacial score (nSPS) is 10.5. The molecule has 0 atom stereocenters. The van der Waals surface area contributed by atoms with Gasteiger partial charge < -0.3 is 18.9 Å². The molecular weight excluding hydrogens is 280 g/mol. The van der Waals surface area contributed by atoms with Crippen LogP contribution in [0.4, 0.5) is 0 Å². The molecule has 0 amide bonds. The molecular formula is C18H20O4. The van der Waals surface area contributed by atoms with E-state index in [0.29, 0.717) is 11.5 Å². The first-order chi connectivity index (χ1) is 10.7. The van der Waals surface area contributed by atoms with Crippen LogP contribution in [0.5, 0.6) is 23.0 Å². The van der Waals surface area contributed by atoms with E-state index < -0.39 is 0 Å². The minimum absolute atomic E-state index is 0.637. The van der Waals surface area contributed by atoms with Gasteiger partial charge >= 0.3 is 0 Å². The molecule has 0 heterocycles. The molecule has 0 bridgehead atoms. The lowest BCUT2D eigenvalue weighted by Crippen LogP contribution is -1.94. The van der Waals surface area contributed by atoms with Crippen molar-refractivity contribution in [2.75, 3.05) is 28.4 Å². The van der Waals surface area contributed by atoms with Crippen LogP contribution in [0.15, 0.2) is 36.4 Å². The van der Waals surface area contributed by atoms with E-state index in [-0.39, 0.29) is 0 Å². The summed E-state index contributed by atoms with van der Waals surface area (Å²) < 4.78 is 21.2. The molecule has 0 radical (unpaired) electrons. The summed E-state index contributed by atoms with van der Waals surface area (Å²) in [6, 6.07) is 11.5. The Labute approximate surface area is 130 Å². The molecule has 0 saturated carbocycles. The number of hydrogen-bond donors (Lipinski definition) is 0. The summed E-state index contributed by atoms with van der Waals surface area (Å²) >= 11 is 0. The molecule has 4 heteroatoms. The zero-order valence-electron chi connectivity index (χ0n) is 13.3. The van der Waals surface area contributed by atoms with Crippen molar-refractivity contribution in [1.82, 2.24) is 0 Å². The molecule has 0 aliphatic heterocycles. The fourth-order valence-electron chi connectivity index (χ4n) is 2.11. The predicted octanol–water partition coefficient (Wildman–Crippen LogP) is 3.89. The first-order valence-corrected chi connectivity index (χ1v) is 6.84. The number of benzene rings is 2. The number of methoxy groups -OCH3 is 4. The standard InChI is InChI=1S/C18H20O4/c1-19-15-7-5-6-13(10-15)8-9-14-11-17(21-3)18(22-4)12-16(14)20-2/h5-12H,1-4H3/b9-8+. The molecule has 0 saturated heterocycles. The third-order valence-electron chi connectivity index (χ3n) is 3.29. The fraction of sp³-hybridized carbons (Fsp3) is 0.222. The van der Waals surface area contributed by atoms with E-state index in [1.165, 1.54) is 0 Å². The minimum atomic E-state index is 0.637. The van der Waals surface area contributed by atoms with Gasteiger partial charge in [0.25, 0.3) is 0 Å². The van der Waals surface area contributed by atoms with Gasteiger partial charge in [0.2, 0.25) is 0 Å². The van der Waals surface area contributed by atoms with E-state index in [1.807, 2.05) is 48.6 Å². The lowest BCUT2D eigenvalue weighted by atomic mass is 10.1. The maximum Gasteiger partial charge on any atom is 0.164 e. The van der Waals surface area contributed by atoms with Gasteiger partial charge in [-0.25, -0.2) is 0 Å². The van der Waals surface area contributed by atoms with Crippen molar-refractivity contribution in [3.05, 3.63) is 47.5 Å². The van der Waals surface area contributed by atoms with Crippen molar-refractivity contribution in [3.8, 4) is 23.0 Å². The molecule has 22 heavy (non-hydrogen) atoms. The molecule has 0 unspecified atom stereocenters. The van der Waals surface area contributed by atoms with Crippen LogP contribution >= 0.6 is 0 Å². The SMILES string of the molecule is COc1cccc(/C=C/c2cc(OC)c(OC)cc2OC)c1. The Morgan fingerprint density at radius 3 is 2.00 bits per heavy atom. The lowest BCUT2D eigenvalue weighted by Gasteiger charge is -2.12. The van der Waals surface area contributed by atoms with Crippen LogP contribution in [0.3, 0.4) is 0 Å². The van der Waals surface area contributed by atoms with Gasteiger partial charge in [-0.15, -0.1) is 0 Å². The van der Waals surface area contributed by atoms with Gasteiger partial charge in [0.15, 0.2) is 11.5 Å². The van der Waals surface area contributed by atoms with Gasteiger partial charge in [-0.3, -0.25) is 0 Å². The van der Waals surface area contributed by atoms with Gasteiger partial charge in [-0.2, -0.15) is 0 Å². The topological polar surface area (TPSA) is 36.9 Å². The maximum absolute atomic E-state index is 5.41. The number of rotatable bonds is 6. The average molecular weight is 300 g/mol. The van der Waals surface area contributed by atoms with E-state index in [9.17, 15) is 0 Å². The summed E-state index contributed by atoms with van der Waals surface area (Å²) in [4.78, 5) is 0. The molecule has 0 aliphatic rings. The Morgan fingerprint density at radius 1 is 0.682 bits per heavy atom. The summed E-state index contributed by atoms with van der Waals surface area (Å²) in [7, 11) is 6.49. The van der Waals surface area contributed by atoms with E-state index >= 15 is 0 Å². The van der Waals surface area contributed by atoms with Gasteiger partial charge in [0.1, 0.15) is 11.5 Å². The molecule has 0 aromatic heterocycles. The number of ether oxygens (including phenoxy) is 4. The Balaban J connectivity index is 2.36. The van der Waals surface area contributed by atoms with Crippen LogP contribution in [0, 0.1) is 0 Å². The second kappa shape index (κ2) is 7.41. The third kappa shape index (κ3) is 3.52. The minimum Gasteiger partial charge on any atom is -0.497 e. The second-order valence-corrected chi connectivity index (χ2v) is 4.56. The van der Waals surface area contributed by atoms with Crippen molar-refractivity contribution >= 4 is 12.2 Å². The molecule has 0 fully saturated rings.